The molecule has 0 saturated heterocycles. The number of hydrogen-bond acceptors (Lipinski definition) is 4. The van der Waals surface area contributed by atoms with Gasteiger partial charge in [0.25, 0.3) is 0 Å². The van der Waals surface area contributed by atoms with E-state index in [-0.39, 0.29) is 0 Å². The standard InChI is InChI=1S/C9H10BrN5/c1-11-8-6(10)5-12-9(14-8)7-3-4-13-15(7)2/h3-5H,1-2H3,(H,11,12,14). The predicted molar refractivity (Wildman–Crippen MR) is 61.5 cm³/mol. The molecule has 5 nitrogen and oxygen atoms in total. The Morgan fingerprint density at radius 3 is 2.87 bits per heavy atom. The highest BCUT2D eigenvalue weighted by atomic mass is 79.9. The molecule has 6 heteroatoms. The maximum Gasteiger partial charge on any atom is 0.179 e. The van der Waals surface area contributed by atoms with Crippen LogP contribution in [-0.4, -0.2) is 26.8 Å². The first kappa shape index (κ1) is 10.1. The van der Waals surface area contributed by atoms with E-state index in [0.29, 0.717) is 5.82 Å². The van der Waals surface area contributed by atoms with Crippen molar-refractivity contribution < 1.29 is 0 Å². The van der Waals surface area contributed by atoms with Gasteiger partial charge >= 0.3 is 0 Å². The number of halogens is 1. The Morgan fingerprint density at radius 1 is 1.47 bits per heavy atom. The third kappa shape index (κ3) is 1.85. The molecule has 0 bridgehead atoms. The fourth-order valence-electron chi connectivity index (χ4n) is 1.26. The first-order chi connectivity index (χ1) is 7.22. The van der Waals surface area contributed by atoms with Gasteiger partial charge in [-0.05, 0) is 22.0 Å². The van der Waals surface area contributed by atoms with Gasteiger partial charge in [-0.25, -0.2) is 9.97 Å². The molecule has 0 fully saturated rings. The SMILES string of the molecule is CNc1nc(-c2ccnn2C)ncc1Br. The van der Waals surface area contributed by atoms with E-state index in [4.69, 9.17) is 0 Å². The van der Waals surface area contributed by atoms with Gasteiger partial charge in [-0.2, -0.15) is 5.10 Å². The van der Waals surface area contributed by atoms with Gasteiger partial charge in [0.05, 0.1) is 4.47 Å². The number of aromatic nitrogens is 4. The zero-order chi connectivity index (χ0) is 10.8. The monoisotopic (exact) mass is 267 g/mol. The number of hydrogen-bond donors (Lipinski definition) is 1. The summed E-state index contributed by atoms with van der Waals surface area (Å²) in [5.74, 6) is 1.42. The fraction of sp³-hybridized carbons (Fsp3) is 0.222. The van der Waals surface area contributed by atoms with E-state index in [1.165, 1.54) is 0 Å². The van der Waals surface area contributed by atoms with E-state index in [2.05, 4.69) is 36.3 Å². The van der Waals surface area contributed by atoms with E-state index < -0.39 is 0 Å². The molecule has 0 spiro atoms. The van der Waals surface area contributed by atoms with Gasteiger partial charge in [0.1, 0.15) is 11.5 Å². The Kier molecular flexibility index (Phi) is 2.68. The van der Waals surface area contributed by atoms with Crippen molar-refractivity contribution in [1.82, 2.24) is 19.7 Å². The van der Waals surface area contributed by atoms with E-state index in [9.17, 15) is 0 Å². The third-order valence-corrected chi connectivity index (χ3v) is 2.61. The van der Waals surface area contributed by atoms with Crippen LogP contribution in [0.3, 0.4) is 0 Å². The smallest absolute Gasteiger partial charge is 0.179 e. The van der Waals surface area contributed by atoms with E-state index >= 15 is 0 Å². The second-order valence-corrected chi connectivity index (χ2v) is 3.83. The molecule has 1 N–H and O–H groups in total. The molecule has 0 aliphatic heterocycles. The summed E-state index contributed by atoms with van der Waals surface area (Å²) in [6.45, 7) is 0. The minimum absolute atomic E-state index is 0.655. The maximum atomic E-state index is 4.36. The molecule has 0 radical (unpaired) electrons. The van der Waals surface area contributed by atoms with Gasteiger partial charge in [0.15, 0.2) is 5.82 Å². The molecular weight excluding hydrogens is 258 g/mol. The van der Waals surface area contributed by atoms with Crippen molar-refractivity contribution in [1.29, 1.82) is 0 Å². The fourth-order valence-corrected chi connectivity index (χ4v) is 1.65. The lowest BCUT2D eigenvalue weighted by molar-refractivity contribution is 0.770. The summed E-state index contributed by atoms with van der Waals surface area (Å²) in [6.07, 6.45) is 3.45. The summed E-state index contributed by atoms with van der Waals surface area (Å²) >= 11 is 3.36. The normalized spacial score (nSPS) is 10.3. The maximum absolute atomic E-state index is 4.36. The van der Waals surface area contributed by atoms with Crippen LogP contribution >= 0.6 is 15.9 Å². The van der Waals surface area contributed by atoms with Gasteiger partial charge in [0, 0.05) is 26.5 Å². The summed E-state index contributed by atoms with van der Waals surface area (Å²) in [5.41, 5.74) is 0.888. The second-order valence-electron chi connectivity index (χ2n) is 2.98. The average molecular weight is 268 g/mol. The van der Waals surface area contributed by atoms with Crippen molar-refractivity contribution in [3.63, 3.8) is 0 Å². The van der Waals surface area contributed by atoms with E-state index in [0.717, 1.165) is 16.0 Å². The Morgan fingerprint density at radius 2 is 2.27 bits per heavy atom. The van der Waals surface area contributed by atoms with Crippen LogP contribution in [0.15, 0.2) is 22.9 Å². The minimum atomic E-state index is 0.655. The van der Waals surface area contributed by atoms with Crippen LogP contribution in [0.25, 0.3) is 11.5 Å². The molecular formula is C9H10BrN5. The Hall–Kier alpha value is -1.43. The van der Waals surface area contributed by atoms with Gasteiger partial charge in [0.2, 0.25) is 0 Å². The lowest BCUT2D eigenvalue weighted by Gasteiger charge is -2.05. The summed E-state index contributed by atoms with van der Waals surface area (Å²) in [5, 5.41) is 7.06. The first-order valence-electron chi connectivity index (χ1n) is 4.41. The predicted octanol–water partition coefficient (Wildman–Crippen LogP) is 1.68. The molecule has 0 aliphatic rings. The molecule has 2 rings (SSSR count). The summed E-state index contributed by atoms with van der Waals surface area (Å²) in [4.78, 5) is 8.60. The highest BCUT2D eigenvalue weighted by Gasteiger charge is 2.08. The van der Waals surface area contributed by atoms with Gasteiger partial charge in [-0.3, -0.25) is 4.68 Å². The first-order valence-corrected chi connectivity index (χ1v) is 5.20. The molecule has 0 unspecified atom stereocenters. The Labute approximate surface area is 95.7 Å². The highest BCUT2D eigenvalue weighted by Crippen LogP contribution is 2.21. The largest absolute Gasteiger partial charge is 0.372 e. The Balaban J connectivity index is 2.51. The number of nitrogens with one attached hydrogen (secondary N) is 1. The van der Waals surface area contributed by atoms with Crippen LogP contribution < -0.4 is 5.32 Å². The summed E-state index contributed by atoms with van der Waals surface area (Å²) < 4.78 is 2.58. The van der Waals surface area contributed by atoms with Gasteiger partial charge < -0.3 is 5.32 Å². The molecule has 0 aromatic carbocycles. The van der Waals surface area contributed by atoms with Gasteiger partial charge in [-0.15, -0.1) is 0 Å². The van der Waals surface area contributed by atoms with Crippen molar-refractivity contribution >= 4 is 21.7 Å². The molecule has 2 aromatic rings. The molecule has 78 valence electrons. The van der Waals surface area contributed by atoms with Crippen LogP contribution in [0.4, 0.5) is 5.82 Å². The van der Waals surface area contributed by atoms with E-state index in [1.54, 1.807) is 17.1 Å². The zero-order valence-electron chi connectivity index (χ0n) is 8.40. The van der Waals surface area contributed by atoms with Crippen molar-refractivity contribution in [2.75, 3.05) is 12.4 Å². The lowest BCUT2D eigenvalue weighted by atomic mass is 10.4. The second kappa shape index (κ2) is 3.98. The van der Waals surface area contributed by atoms with Crippen LogP contribution in [0.2, 0.25) is 0 Å². The summed E-state index contributed by atoms with van der Waals surface area (Å²) in [7, 11) is 3.68. The average Bonchev–Trinajstić information content (AvgIpc) is 2.65. The number of aryl methyl sites for hydroxylation is 1. The van der Waals surface area contributed by atoms with Crippen molar-refractivity contribution in [2.24, 2.45) is 7.05 Å². The van der Waals surface area contributed by atoms with Crippen LogP contribution in [0.5, 0.6) is 0 Å². The Bertz CT molecular complexity index is 479. The lowest BCUT2D eigenvalue weighted by Crippen LogP contribution is -2.01. The quantitative estimate of drug-likeness (QED) is 0.900. The third-order valence-electron chi connectivity index (χ3n) is 2.03. The van der Waals surface area contributed by atoms with Crippen LogP contribution in [0, 0.1) is 0 Å². The molecule has 2 aromatic heterocycles. The number of rotatable bonds is 2. The van der Waals surface area contributed by atoms with Crippen LogP contribution in [0.1, 0.15) is 0 Å². The molecule has 0 atom stereocenters. The van der Waals surface area contributed by atoms with Crippen molar-refractivity contribution in [3.05, 3.63) is 22.9 Å². The number of anilines is 1. The molecule has 0 aliphatic carbocycles. The minimum Gasteiger partial charge on any atom is -0.372 e. The van der Waals surface area contributed by atoms with Crippen LogP contribution in [-0.2, 0) is 7.05 Å². The highest BCUT2D eigenvalue weighted by molar-refractivity contribution is 9.10. The van der Waals surface area contributed by atoms with Gasteiger partial charge in [-0.1, -0.05) is 0 Å². The molecule has 15 heavy (non-hydrogen) atoms. The molecule has 0 saturated carbocycles. The van der Waals surface area contributed by atoms with E-state index in [1.807, 2.05) is 20.2 Å². The number of nitrogens with zero attached hydrogens (tertiary/aromatic N) is 4. The molecule has 2 heterocycles. The van der Waals surface area contributed by atoms with Crippen molar-refractivity contribution in [2.45, 2.75) is 0 Å². The van der Waals surface area contributed by atoms with Crippen molar-refractivity contribution in [3.8, 4) is 11.5 Å². The zero-order valence-corrected chi connectivity index (χ0v) is 9.98. The topological polar surface area (TPSA) is 55.6 Å². The summed E-state index contributed by atoms with van der Waals surface area (Å²) in [6, 6.07) is 1.88. The molecule has 0 amide bonds.